The van der Waals surface area contributed by atoms with Gasteiger partial charge < -0.3 is 25.2 Å². The highest BCUT2D eigenvalue weighted by atomic mass is 35.5. The number of aliphatic hydroxyl groups excluding tert-OH is 4. The lowest BCUT2D eigenvalue weighted by Gasteiger charge is -2.43. The number of aliphatic hydroxyl groups is 4. The van der Waals surface area contributed by atoms with Gasteiger partial charge in [0.25, 0.3) is 0 Å². The fraction of sp³-hybridized carbons (Fsp3) is 0.500. The number of ether oxygens (including phenoxy) is 1. The molecule has 1 aliphatic rings. The number of β-amino-alcohol motifs (C(OH)–C–C–N with tert-alkyl or cyclic N) is 1. The Morgan fingerprint density at radius 2 is 1.52 bits per heavy atom. The summed E-state index contributed by atoms with van der Waals surface area (Å²) >= 11 is 5.94. The normalized spacial score (nSPS) is 24.4. The minimum absolute atomic E-state index is 0.245. The first-order valence-electron chi connectivity index (χ1n) is 10.8. The topological polar surface area (TPSA) is 93.4 Å². The highest BCUT2D eigenvalue weighted by Gasteiger charge is 2.40. The third-order valence-corrected chi connectivity index (χ3v) is 6.10. The predicted molar refractivity (Wildman–Crippen MR) is 121 cm³/mol. The minimum Gasteiger partial charge on any atom is -0.395 e. The van der Waals surface area contributed by atoms with Crippen LogP contribution >= 0.6 is 11.6 Å². The van der Waals surface area contributed by atoms with Crippen LogP contribution in [0.3, 0.4) is 0 Å². The van der Waals surface area contributed by atoms with E-state index in [4.69, 9.17) is 16.3 Å². The summed E-state index contributed by atoms with van der Waals surface area (Å²) in [6.45, 7) is 1.89. The van der Waals surface area contributed by atoms with E-state index >= 15 is 0 Å². The molecule has 0 amide bonds. The Morgan fingerprint density at radius 1 is 0.871 bits per heavy atom. The third kappa shape index (κ3) is 6.73. The number of likely N-dealkylation sites (tertiary alicyclic amines) is 1. The van der Waals surface area contributed by atoms with E-state index in [0.717, 1.165) is 41.0 Å². The van der Waals surface area contributed by atoms with Crippen molar-refractivity contribution in [1.82, 2.24) is 4.90 Å². The molecule has 4 atom stereocenters. The van der Waals surface area contributed by atoms with Gasteiger partial charge in [0.15, 0.2) is 0 Å². The average Bonchev–Trinajstić information content (AvgIpc) is 2.78. The number of rotatable bonds is 10. The quantitative estimate of drug-likeness (QED) is 0.416. The van der Waals surface area contributed by atoms with Gasteiger partial charge in [-0.05, 0) is 54.6 Å². The minimum atomic E-state index is -1.21. The maximum atomic E-state index is 10.0. The van der Waals surface area contributed by atoms with Crippen molar-refractivity contribution in [3.63, 3.8) is 0 Å². The molecule has 7 heteroatoms. The van der Waals surface area contributed by atoms with Gasteiger partial charge in [0.1, 0.15) is 12.2 Å². The van der Waals surface area contributed by atoms with E-state index in [2.05, 4.69) is 24.3 Å². The van der Waals surface area contributed by atoms with E-state index < -0.39 is 24.4 Å². The summed E-state index contributed by atoms with van der Waals surface area (Å²) < 4.78 is 5.78. The summed E-state index contributed by atoms with van der Waals surface area (Å²) in [4.78, 5) is 1.85. The molecule has 0 aliphatic carbocycles. The Kier molecular flexibility index (Phi) is 9.29. The standard InChI is InChI=1S/C24H32ClNO5/c25-20-10-8-19(9-11-20)18-6-4-17(5-7-18)16-31-13-3-1-2-12-26-14-22(28)24(30)23(29)21(26)15-27/h4-11,21-24,27-30H,1-3,12-16H2/t21-,22-,23+,24+/m0/s1. The monoisotopic (exact) mass is 449 g/mol. The lowest BCUT2D eigenvalue weighted by molar-refractivity contribution is -0.145. The van der Waals surface area contributed by atoms with Crippen LogP contribution in [0.15, 0.2) is 48.5 Å². The van der Waals surface area contributed by atoms with Crippen LogP contribution in [0.4, 0.5) is 0 Å². The maximum absolute atomic E-state index is 10.0. The molecule has 0 aromatic heterocycles. The predicted octanol–water partition coefficient (Wildman–Crippen LogP) is 2.45. The fourth-order valence-electron chi connectivity index (χ4n) is 3.96. The van der Waals surface area contributed by atoms with Crippen LogP contribution in [0.2, 0.25) is 5.02 Å². The molecule has 1 saturated heterocycles. The number of piperidine rings is 1. The summed E-state index contributed by atoms with van der Waals surface area (Å²) in [6.07, 6.45) is -0.615. The van der Waals surface area contributed by atoms with E-state index in [-0.39, 0.29) is 13.2 Å². The van der Waals surface area contributed by atoms with Crippen LogP contribution in [-0.2, 0) is 11.3 Å². The molecule has 4 N–H and O–H groups in total. The first-order valence-corrected chi connectivity index (χ1v) is 11.2. The van der Waals surface area contributed by atoms with Crippen molar-refractivity contribution in [3.8, 4) is 11.1 Å². The maximum Gasteiger partial charge on any atom is 0.109 e. The fourth-order valence-corrected chi connectivity index (χ4v) is 4.08. The smallest absolute Gasteiger partial charge is 0.109 e. The van der Waals surface area contributed by atoms with E-state index in [9.17, 15) is 20.4 Å². The Bertz CT molecular complexity index is 786. The number of hydrogen-bond acceptors (Lipinski definition) is 6. The molecule has 1 fully saturated rings. The first-order chi connectivity index (χ1) is 15.0. The Labute approximate surface area is 188 Å². The summed E-state index contributed by atoms with van der Waals surface area (Å²) in [5.74, 6) is 0. The third-order valence-electron chi connectivity index (χ3n) is 5.85. The summed E-state index contributed by atoms with van der Waals surface area (Å²) in [5, 5.41) is 39.8. The second kappa shape index (κ2) is 11.9. The van der Waals surface area contributed by atoms with Crippen molar-refractivity contribution in [2.45, 2.75) is 50.2 Å². The lowest BCUT2D eigenvalue weighted by Crippen LogP contribution is -2.62. The van der Waals surface area contributed by atoms with Gasteiger partial charge in [0, 0.05) is 18.2 Å². The molecule has 0 saturated carbocycles. The SMILES string of the molecule is OC[C@H]1[C@@H](O)[C@H](O)[C@@H](O)CN1CCCCCOCc1ccc(-c2ccc(Cl)cc2)cc1. The van der Waals surface area contributed by atoms with Gasteiger partial charge in [-0.1, -0.05) is 48.0 Å². The van der Waals surface area contributed by atoms with Gasteiger partial charge >= 0.3 is 0 Å². The van der Waals surface area contributed by atoms with E-state index in [1.54, 1.807) is 0 Å². The van der Waals surface area contributed by atoms with Crippen LogP contribution in [0, 0.1) is 0 Å². The summed E-state index contributed by atoms with van der Waals surface area (Å²) in [5.41, 5.74) is 3.39. The van der Waals surface area contributed by atoms with Crippen molar-refractivity contribution < 1.29 is 25.2 Å². The van der Waals surface area contributed by atoms with E-state index in [1.807, 2.05) is 29.2 Å². The molecule has 0 unspecified atom stereocenters. The molecule has 0 bridgehead atoms. The van der Waals surface area contributed by atoms with Crippen molar-refractivity contribution >= 4 is 11.6 Å². The Balaban J connectivity index is 1.32. The average molecular weight is 450 g/mol. The zero-order chi connectivity index (χ0) is 22.2. The molecule has 1 aliphatic heterocycles. The van der Waals surface area contributed by atoms with Crippen molar-refractivity contribution in [3.05, 3.63) is 59.1 Å². The van der Waals surface area contributed by atoms with Crippen LogP contribution in [0.5, 0.6) is 0 Å². The molecule has 1 heterocycles. The molecule has 31 heavy (non-hydrogen) atoms. The number of benzene rings is 2. The van der Waals surface area contributed by atoms with Gasteiger partial charge in [-0.15, -0.1) is 0 Å². The van der Waals surface area contributed by atoms with Gasteiger partial charge in [0.2, 0.25) is 0 Å². The highest BCUT2D eigenvalue weighted by molar-refractivity contribution is 6.30. The molecule has 170 valence electrons. The molecule has 0 radical (unpaired) electrons. The van der Waals surface area contributed by atoms with Crippen LogP contribution in [0.1, 0.15) is 24.8 Å². The molecule has 6 nitrogen and oxygen atoms in total. The Morgan fingerprint density at radius 3 is 2.16 bits per heavy atom. The zero-order valence-electron chi connectivity index (χ0n) is 17.6. The van der Waals surface area contributed by atoms with Crippen molar-refractivity contribution in [2.75, 3.05) is 26.3 Å². The first kappa shape index (κ1) is 24.1. The second-order valence-corrected chi connectivity index (χ2v) is 8.55. The van der Waals surface area contributed by atoms with E-state index in [1.165, 1.54) is 0 Å². The summed E-state index contributed by atoms with van der Waals surface area (Å²) in [6, 6.07) is 15.5. The van der Waals surface area contributed by atoms with Gasteiger partial charge in [0.05, 0.1) is 25.4 Å². The van der Waals surface area contributed by atoms with Crippen LogP contribution in [-0.4, -0.2) is 76.0 Å². The molecule has 0 spiro atoms. The number of unbranched alkanes of at least 4 members (excludes halogenated alkanes) is 2. The molecule has 2 aromatic rings. The van der Waals surface area contributed by atoms with Crippen molar-refractivity contribution in [2.24, 2.45) is 0 Å². The second-order valence-electron chi connectivity index (χ2n) is 8.11. The van der Waals surface area contributed by atoms with Gasteiger partial charge in [-0.25, -0.2) is 0 Å². The highest BCUT2D eigenvalue weighted by Crippen LogP contribution is 2.22. The van der Waals surface area contributed by atoms with Gasteiger partial charge in [-0.3, -0.25) is 4.90 Å². The molecule has 2 aromatic carbocycles. The van der Waals surface area contributed by atoms with Gasteiger partial charge in [-0.2, -0.15) is 0 Å². The Hall–Kier alpha value is -1.51. The molecular formula is C24H32ClNO5. The number of hydrogen-bond donors (Lipinski definition) is 4. The van der Waals surface area contributed by atoms with Crippen LogP contribution < -0.4 is 0 Å². The summed E-state index contributed by atoms with van der Waals surface area (Å²) in [7, 11) is 0. The number of nitrogens with zero attached hydrogens (tertiary/aromatic N) is 1. The molecule has 3 rings (SSSR count). The zero-order valence-corrected chi connectivity index (χ0v) is 18.4. The molecular weight excluding hydrogens is 418 g/mol. The van der Waals surface area contributed by atoms with E-state index in [0.29, 0.717) is 19.8 Å². The number of halogens is 1. The lowest BCUT2D eigenvalue weighted by atomic mass is 9.94. The largest absolute Gasteiger partial charge is 0.395 e. The van der Waals surface area contributed by atoms with Crippen LogP contribution in [0.25, 0.3) is 11.1 Å². The van der Waals surface area contributed by atoms with Crippen molar-refractivity contribution in [1.29, 1.82) is 0 Å².